The van der Waals surface area contributed by atoms with Crippen molar-refractivity contribution in [1.82, 2.24) is 29.8 Å². The van der Waals surface area contributed by atoms with Gasteiger partial charge in [0.2, 0.25) is 5.95 Å². The van der Waals surface area contributed by atoms with Gasteiger partial charge < -0.3 is 25.4 Å². The third-order valence-corrected chi connectivity index (χ3v) is 4.76. The van der Waals surface area contributed by atoms with E-state index >= 15 is 0 Å². The van der Waals surface area contributed by atoms with Crippen molar-refractivity contribution < 1.29 is 14.7 Å². The van der Waals surface area contributed by atoms with E-state index in [1.54, 1.807) is 16.9 Å². The van der Waals surface area contributed by atoms with E-state index in [9.17, 15) is 5.11 Å². The molecule has 164 valence electrons. The Morgan fingerprint density at radius 1 is 1.25 bits per heavy atom. The Morgan fingerprint density at radius 3 is 2.75 bits per heavy atom. The van der Waals surface area contributed by atoms with Crippen LogP contribution in [-0.2, 0) is 18.8 Å². The summed E-state index contributed by atoms with van der Waals surface area (Å²) in [4.78, 5) is 10.3. The molecule has 0 amide bonds. The van der Waals surface area contributed by atoms with Gasteiger partial charge in [0.1, 0.15) is 12.3 Å². The van der Waals surface area contributed by atoms with Gasteiger partial charge in [-0.2, -0.15) is 10.1 Å². The number of rotatable bonds is 5. The van der Waals surface area contributed by atoms with Gasteiger partial charge in [-0.1, -0.05) is 17.0 Å². The summed E-state index contributed by atoms with van der Waals surface area (Å²) in [6, 6.07) is 8.90. The average molecular weight is 433 g/mol. The summed E-state index contributed by atoms with van der Waals surface area (Å²) in [5.74, 6) is 6.76. The molecule has 3 heterocycles. The minimum atomic E-state index is -1.55. The number of fused-ring (bicyclic) bond motifs is 1. The van der Waals surface area contributed by atoms with Crippen molar-refractivity contribution in [3.05, 3.63) is 59.2 Å². The molecule has 0 bridgehead atoms. The third kappa shape index (κ3) is 4.31. The molecule has 4 rings (SSSR count). The molecular weight excluding hydrogens is 410 g/mol. The van der Waals surface area contributed by atoms with Crippen molar-refractivity contribution in [1.29, 1.82) is 0 Å². The predicted molar refractivity (Wildman–Crippen MR) is 117 cm³/mol. The van der Waals surface area contributed by atoms with Crippen LogP contribution in [0.15, 0.2) is 41.1 Å². The number of aliphatic hydroxyl groups excluding tert-OH is 1. The highest BCUT2D eigenvalue weighted by Crippen LogP contribution is 2.24. The topological polar surface area (TPSA) is 139 Å². The summed E-state index contributed by atoms with van der Waals surface area (Å²) in [5.41, 5.74) is 6.80. The van der Waals surface area contributed by atoms with Crippen LogP contribution in [0.3, 0.4) is 0 Å². The number of anilines is 1. The molecule has 4 aromatic rings. The monoisotopic (exact) mass is 433 g/mol. The van der Waals surface area contributed by atoms with E-state index in [1.807, 2.05) is 37.2 Å². The van der Waals surface area contributed by atoms with Crippen molar-refractivity contribution >= 4 is 16.9 Å². The lowest BCUT2D eigenvalue weighted by Gasteiger charge is -2.11. The Balaban J connectivity index is 1.78. The standard InChI is InChI=1S/C22H23N7O3/c1-22(31,19-11-15(13-30)32-27-19)8-6-14-4-5-16-17(12-28(2)3)26-29(18(16)10-14)20-7-9-24-21(23)25-20/h4-5,7,9-11,30-31H,12-13H2,1-3H3,(H2,23,24,25). The van der Waals surface area contributed by atoms with E-state index in [1.165, 1.54) is 13.0 Å². The molecule has 0 saturated carbocycles. The average Bonchev–Trinajstić information content (AvgIpc) is 3.38. The number of aromatic nitrogens is 5. The van der Waals surface area contributed by atoms with Crippen molar-refractivity contribution in [2.24, 2.45) is 0 Å². The number of benzene rings is 1. The summed E-state index contributed by atoms with van der Waals surface area (Å²) in [7, 11) is 3.95. The van der Waals surface area contributed by atoms with Gasteiger partial charge in [-0.25, -0.2) is 9.67 Å². The lowest BCUT2D eigenvalue weighted by atomic mass is 10.0. The van der Waals surface area contributed by atoms with Crippen LogP contribution in [-0.4, -0.2) is 54.1 Å². The van der Waals surface area contributed by atoms with E-state index in [0.717, 1.165) is 16.6 Å². The highest BCUT2D eigenvalue weighted by molar-refractivity contribution is 5.84. The van der Waals surface area contributed by atoms with Crippen LogP contribution in [0.5, 0.6) is 0 Å². The molecule has 0 aliphatic carbocycles. The summed E-state index contributed by atoms with van der Waals surface area (Å²) in [6.45, 7) is 1.85. The zero-order valence-electron chi connectivity index (χ0n) is 17.9. The van der Waals surface area contributed by atoms with Crippen molar-refractivity contribution in [2.45, 2.75) is 25.7 Å². The minimum absolute atomic E-state index is 0.155. The molecule has 1 atom stereocenters. The molecule has 10 nitrogen and oxygen atoms in total. The van der Waals surface area contributed by atoms with Gasteiger partial charge in [-0.3, -0.25) is 0 Å². The second-order valence-corrected chi connectivity index (χ2v) is 7.76. The van der Waals surface area contributed by atoms with E-state index in [4.69, 9.17) is 20.5 Å². The number of hydrogen-bond acceptors (Lipinski definition) is 9. The Hall–Kier alpha value is -3.78. The second kappa shape index (κ2) is 8.39. The molecular formula is C22H23N7O3. The van der Waals surface area contributed by atoms with Crippen LogP contribution >= 0.6 is 0 Å². The molecule has 4 N–H and O–H groups in total. The maximum Gasteiger partial charge on any atom is 0.221 e. The van der Waals surface area contributed by atoms with Gasteiger partial charge in [-0.15, -0.1) is 0 Å². The van der Waals surface area contributed by atoms with Gasteiger partial charge in [0, 0.05) is 35.8 Å². The van der Waals surface area contributed by atoms with Crippen molar-refractivity contribution in [2.75, 3.05) is 19.8 Å². The van der Waals surface area contributed by atoms with E-state index < -0.39 is 5.60 Å². The van der Waals surface area contributed by atoms with Crippen LogP contribution in [0.25, 0.3) is 16.7 Å². The van der Waals surface area contributed by atoms with Crippen LogP contribution in [0.1, 0.15) is 29.6 Å². The predicted octanol–water partition coefficient (Wildman–Crippen LogP) is 1.20. The first-order valence-electron chi connectivity index (χ1n) is 9.84. The van der Waals surface area contributed by atoms with Crippen LogP contribution in [0.2, 0.25) is 0 Å². The number of aliphatic hydroxyl groups is 2. The number of nitrogens with zero attached hydrogens (tertiary/aromatic N) is 6. The fourth-order valence-corrected chi connectivity index (χ4v) is 3.20. The normalized spacial score (nSPS) is 13.2. The van der Waals surface area contributed by atoms with Gasteiger partial charge >= 0.3 is 0 Å². The molecule has 0 radical (unpaired) electrons. The number of nitrogen functional groups attached to an aromatic ring is 1. The minimum Gasteiger partial charge on any atom is -0.388 e. The first kappa shape index (κ1) is 21.5. The van der Waals surface area contributed by atoms with E-state index in [0.29, 0.717) is 17.9 Å². The van der Waals surface area contributed by atoms with Crippen molar-refractivity contribution in [3.8, 4) is 17.7 Å². The lowest BCUT2D eigenvalue weighted by molar-refractivity contribution is 0.112. The molecule has 10 heteroatoms. The SMILES string of the molecule is CN(C)Cc1nn(-c2ccnc(N)n2)c2cc(C#CC(C)(O)c3cc(CO)on3)ccc12. The number of nitrogens with two attached hydrogens (primary N) is 1. The lowest BCUT2D eigenvalue weighted by Crippen LogP contribution is -2.18. The Kier molecular flexibility index (Phi) is 5.63. The fourth-order valence-electron chi connectivity index (χ4n) is 3.20. The van der Waals surface area contributed by atoms with Crippen LogP contribution in [0.4, 0.5) is 5.95 Å². The quantitative estimate of drug-likeness (QED) is 0.396. The van der Waals surface area contributed by atoms with Gasteiger partial charge in [0.25, 0.3) is 0 Å². The summed E-state index contributed by atoms with van der Waals surface area (Å²) in [6.07, 6.45) is 1.58. The largest absolute Gasteiger partial charge is 0.388 e. The molecule has 0 spiro atoms. The first-order valence-corrected chi connectivity index (χ1v) is 9.84. The molecule has 0 aliphatic rings. The van der Waals surface area contributed by atoms with Crippen LogP contribution in [0, 0.1) is 11.8 Å². The van der Waals surface area contributed by atoms with Gasteiger partial charge in [0.05, 0.1) is 11.2 Å². The van der Waals surface area contributed by atoms with Gasteiger partial charge in [-0.05, 0) is 39.2 Å². The zero-order valence-corrected chi connectivity index (χ0v) is 17.9. The maximum absolute atomic E-state index is 10.7. The van der Waals surface area contributed by atoms with Crippen molar-refractivity contribution in [3.63, 3.8) is 0 Å². The Labute approximate surface area is 184 Å². The fraction of sp³-hybridized carbons (Fsp3) is 0.273. The highest BCUT2D eigenvalue weighted by atomic mass is 16.5. The summed E-state index contributed by atoms with van der Waals surface area (Å²) >= 11 is 0. The van der Waals surface area contributed by atoms with E-state index in [2.05, 4.69) is 27.0 Å². The number of hydrogen-bond donors (Lipinski definition) is 3. The van der Waals surface area contributed by atoms with E-state index in [-0.39, 0.29) is 24.0 Å². The third-order valence-electron chi connectivity index (χ3n) is 4.76. The first-order chi connectivity index (χ1) is 15.3. The molecule has 0 aliphatic heterocycles. The highest BCUT2D eigenvalue weighted by Gasteiger charge is 2.25. The Morgan fingerprint density at radius 2 is 2.06 bits per heavy atom. The molecule has 1 unspecified atom stereocenters. The second-order valence-electron chi connectivity index (χ2n) is 7.76. The molecule has 3 aromatic heterocycles. The molecule has 32 heavy (non-hydrogen) atoms. The molecule has 0 fully saturated rings. The smallest absolute Gasteiger partial charge is 0.221 e. The Bertz CT molecular complexity index is 1330. The molecule has 1 aromatic carbocycles. The summed E-state index contributed by atoms with van der Waals surface area (Å²) < 4.78 is 6.66. The van der Waals surface area contributed by atoms with Gasteiger partial charge in [0.15, 0.2) is 17.2 Å². The van der Waals surface area contributed by atoms with Crippen LogP contribution < -0.4 is 5.73 Å². The zero-order chi connectivity index (χ0) is 22.9. The summed E-state index contributed by atoms with van der Waals surface area (Å²) in [5, 5.41) is 29.3. The molecule has 0 saturated heterocycles. The maximum atomic E-state index is 10.7.